The molecule has 3 saturated heterocycles. The molecule has 8 nitrogen and oxygen atoms in total. The number of methoxy groups -OCH3 is 1. The first kappa shape index (κ1) is 18.1. The van der Waals surface area contributed by atoms with Crippen LogP contribution in [0.15, 0.2) is 18.2 Å². The van der Waals surface area contributed by atoms with Crippen LogP contribution in [0.3, 0.4) is 0 Å². The van der Waals surface area contributed by atoms with Gasteiger partial charge < -0.3 is 24.6 Å². The lowest BCUT2D eigenvalue weighted by Crippen LogP contribution is -2.64. The topological polar surface area (TPSA) is 74.4 Å². The molecule has 3 fully saturated rings. The molecule has 3 heterocycles. The van der Waals surface area contributed by atoms with Gasteiger partial charge in [-0.1, -0.05) is 0 Å². The van der Waals surface area contributed by atoms with Crippen LogP contribution < -0.4 is 15.0 Å². The molecule has 0 aliphatic carbocycles. The third-order valence-electron chi connectivity index (χ3n) is 5.56. The van der Waals surface area contributed by atoms with E-state index in [-0.39, 0.29) is 17.9 Å². The minimum Gasteiger partial charge on any atom is -0.495 e. The van der Waals surface area contributed by atoms with Crippen LogP contribution in [0.4, 0.5) is 5.69 Å². The summed E-state index contributed by atoms with van der Waals surface area (Å²) >= 11 is 0. The number of carbonyl (C=O) groups excluding carboxylic acids is 2. The number of nitrogens with one attached hydrogen (secondary N) is 1. The normalized spacial score (nSPS) is 23.6. The Morgan fingerprint density at radius 3 is 2.78 bits per heavy atom. The number of nitrogens with zero attached hydrogens (tertiary/aromatic N) is 3. The van der Waals surface area contributed by atoms with Gasteiger partial charge in [0.2, 0.25) is 5.91 Å². The van der Waals surface area contributed by atoms with Gasteiger partial charge in [-0.15, -0.1) is 0 Å². The van der Waals surface area contributed by atoms with Crippen molar-refractivity contribution in [2.45, 2.75) is 6.04 Å². The van der Waals surface area contributed by atoms with E-state index >= 15 is 0 Å². The van der Waals surface area contributed by atoms with Crippen LogP contribution in [-0.2, 0) is 9.53 Å². The number of amides is 2. The maximum absolute atomic E-state index is 13.1. The first-order valence-corrected chi connectivity index (χ1v) is 9.49. The van der Waals surface area contributed by atoms with Gasteiger partial charge in [0.1, 0.15) is 11.8 Å². The summed E-state index contributed by atoms with van der Waals surface area (Å²) in [5.74, 6) is 0.734. The summed E-state index contributed by atoms with van der Waals surface area (Å²) in [5, 5.41) is 2.89. The van der Waals surface area contributed by atoms with Crippen molar-refractivity contribution in [1.29, 1.82) is 0 Å². The Morgan fingerprint density at radius 2 is 2.00 bits per heavy atom. The van der Waals surface area contributed by atoms with Gasteiger partial charge in [-0.3, -0.25) is 14.5 Å². The van der Waals surface area contributed by atoms with Crippen molar-refractivity contribution in [3.05, 3.63) is 23.8 Å². The summed E-state index contributed by atoms with van der Waals surface area (Å²) in [5.41, 5.74) is 1.54. The highest BCUT2D eigenvalue weighted by Crippen LogP contribution is 2.30. The molecule has 1 aromatic carbocycles. The Balaban J connectivity index is 1.54. The molecule has 2 amide bonds. The Hall–Kier alpha value is -2.32. The third-order valence-corrected chi connectivity index (χ3v) is 5.56. The van der Waals surface area contributed by atoms with Gasteiger partial charge in [0.15, 0.2) is 0 Å². The predicted molar refractivity (Wildman–Crippen MR) is 100 cm³/mol. The number of benzene rings is 1. The minimum atomic E-state index is -0.242. The highest BCUT2D eigenvalue weighted by Gasteiger charge is 2.36. The lowest BCUT2D eigenvalue weighted by atomic mass is 10.1. The maximum Gasteiger partial charge on any atom is 0.254 e. The van der Waals surface area contributed by atoms with Crippen LogP contribution >= 0.6 is 0 Å². The van der Waals surface area contributed by atoms with Gasteiger partial charge in [0, 0.05) is 51.4 Å². The van der Waals surface area contributed by atoms with Gasteiger partial charge in [0.05, 0.1) is 26.0 Å². The van der Waals surface area contributed by atoms with E-state index < -0.39 is 0 Å². The Kier molecular flexibility index (Phi) is 5.18. The van der Waals surface area contributed by atoms with Crippen LogP contribution in [0.5, 0.6) is 5.75 Å². The molecule has 0 aromatic heterocycles. The van der Waals surface area contributed by atoms with E-state index in [0.717, 1.165) is 37.6 Å². The number of piperazine rings is 2. The Morgan fingerprint density at radius 1 is 1.19 bits per heavy atom. The molecule has 4 rings (SSSR count). The lowest BCUT2D eigenvalue weighted by molar-refractivity contribution is -0.131. The molecule has 1 atom stereocenters. The fraction of sp³-hybridized carbons (Fsp3) is 0.579. The van der Waals surface area contributed by atoms with Gasteiger partial charge in [0.25, 0.3) is 5.91 Å². The molecule has 146 valence electrons. The summed E-state index contributed by atoms with van der Waals surface area (Å²) in [6, 6.07) is 5.31. The highest BCUT2D eigenvalue weighted by atomic mass is 16.5. The number of morpholine rings is 1. The Bertz CT molecular complexity index is 720. The molecule has 0 unspecified atom stereocenters. The minimum absolute atomic E-state index is 0.0162. The molecule has 0 saturated carbocycles. The zero-order chi connectivity index (χ0) is 18.8. The summed E-state index contributed by atoms with van der Waals surface area (Å²) in [6.45, 7) is 6.22. The van der Waals surface area contributed by atoms with Crippen molar-refractivity contribution in [2.75, 3.05) is 71.0 Å². The summed E-state index contributed by atoms with van der Waals surface area (Å²) in [7, 11) is 1.64. The third kappa shape index (κ3) is 3.59. The van der Waals surface area contributed by atoms with Crippen LogP contribution in [0.1, 0.15) is 10.4 Å². The summed E-state index contributed by atoms with van der Waals surface area (Å²) in [6.07, 6.45) is 0. The molecule has 3 aliphatic rings. The van der Waals surface area contributed by atoms with Crippen molar-refractivity contribution in [3.8, 4) is 5.75 Å². The fourth-order valence-electron chi connectivity index (χ4n) is 4.02. The van der Waals surface area contributed by atoms with Gasteiger partial charge in [-0.05, 0) is 18.2 Å². The van der Waals surface area contributed by atoms with E-state index in [2.05, 4.69) is 15.1 Å². The van der Waals surface area contributed by atoms with Crippen LogP contribution in [0.2, 0.25) is 0 Å². The van der Waals surface area contributed by atoms with E-state index in [9.17, 15) is 9.59 Å². The average Bonchev–Trinajstić information content (AvgIpc) is 2.73. The fourth-order valence-corrected chi connectivity index (χ4v) is 4.02. The molecular weight excluding hydrogens is 348 g/mol. The standard InChI is InChI=1S/C19H26N4O4/c1-26-17-3-2-14(12-15(17)22-8-10-27-11-9-22)19(25)23-7-6-21-5-4-20-18(24)16(21)13-23/h2-3,12,16H,4-11,13H2,1H3,(H,20,24)/t16-/m1/s1. The van der Waals surface area contributed by atoms with Gasteiger partial charge in [-0.2, -0.15) is 0 Å². The van der Waals surface area contributed by atoms with E-state index in [1.54, 1.807) is 18.1 Å². The van der Waals surface area contributed by atoms with Gasteiger partial charge in [-0.25, -0.2) is 0 Å². The van der Waals surface area contributed by atoms with Gasteiger partial charge >= 0.3 is 0 Å². The molecule has 3 aliphatic heterocycles. The van der Waals surface area contributed by atoms with Crippen molar-refractivity contribution >= 4 is 17.5 Å². The largest absolute Gasteiger partial charge is 0.495 e. The number of rotatable bonds is 3. The summed E-state index contributed by atoms with van der Waals surface area (Å²) < 4.78 is 10.9. The first-order valence-electron chi connectivity index (χ1n) is 9.49. The molecule has 8 heteroatoms. The van der Waals surface area contributed by atoms with Crippen molar-refractivity contribution in [2.24, 2.45) is 0 Å². The molecule has 0 spiro atoms. The molecule has 0 radical (unpaired) electrons. The molecule has 1 aromatic rings. The van der Waals surface area contributed by atoms with Crippen molar-refractivity contribution in [1.82, 2.24) is 15.1 Å². The average molecular weight is 374 g/mol. The molecule has 1 N–H and O–H groups in total. The zero-order valence-corrected chi connectivity index (χ0v) is 15.6. The number of fused-ring (bicyclic) bond motifs is 1. The van der Waals surface area contributed by atoms with Crippen molar-refractivity contribution < 1.29 is 19.1 Å². The first-order chi connectivity index (χ1) is 13.2. The lowest BCUT2D eigenvalue weighted by Gasteiger charge is -2.43. The number of hydrogen-bond donors (Lipinski definition) is 1. The second-order valence-corrected chi connectivity index (χ2v) is 7.08. The van der Waals surface area contributed by atoms with E-state index in [1.807, 2.05) is 12.1 Å². The zero-order valence-electron chi connectivity index (χ0n) is 15.6. The Labute approximate surface area is 159 Å². The SMILES string of the molecule is COc1ccc(C(=O)N2CCN3CCNC(=O)[C@H]3C2)cc1N1CCOCC1. The van der Waals surface area contributed by atoms with E-state index in [1.165, 1.54) is 0 Å². The quantitative estimate of drug-likeness (QED) is 0.789. The van der Waals surface area contributed by atoms with Crippen LogP contribution in [0, 0.1) is 0 Å². The predicted octanol–water partition coefficient (Wildman–Crippen LogP) is -0.212. The maximum atomic E-state index is 13.1. The highest BCUT2D eigenvalue weighted by molar-refractivity contribution is 5.96. The summed E-state index contributed by atoms with van der Waals surface area (Å²) in [4.78, 5) is 31.4. The molecular formula is C19H26N4O4. The van der Waals surface area contributed by atoms with E-state index in [0.29, 0.717) is 38.4 Å². The second kappa shape index (κ2) is 7.74. The molecule has 27 heavy (non-hydrogen) atoms. The number of anilines is 1. The molecule has 0 bridgehead atoms. The number of hydrogen-bond acceptors (Lipinski definition) is 6. The monoisotopic (exact) mass is 374 g/mol. The number of carbonyl (C=O) groups is 2. The van der Waals surface area contributed by atoms with Crippen LogP contribution in [-0.4, -0.2) is 93.8 Å². The van der Waals surface area contributed by atoms with Crippen molar-refractivity contribution in [3.63, 3.8) is 0 Å². The smallest absolute Gasteiger partial charge is 0.254 e. The second-order valence-electron chi connectivity index (χ2n) is 7.08. The van der Waals surface area contributed by atoms with Crippen LogP contribution in [0.25, 0.3) is 0 Å². The van der Waals surface area contributed by atoms with E-state index in [4.69, 9.17) is 9.47 Å². The number of ether oxygens (including phenoxy) is 2.